The number of aliphatic hydroxyl groups excluding tert-OH is 1. The van der Waals surface area contributed by atoms with Crippen LogP contribution in [0.4, 0.5) is 37.7 Å². The number of ether oxygens (including phenoxy) is 1. The first-order chi connectivity index (χ1) is 16.5. The third-order valence-electron chi connectivity index (χ3n) is 5.62. The maximum Gasteiger partial charge on any atom is 0.573 e. The normalized spacial score (nSPS) is 17.2. The van der Waals surface area contributed by atoms with Gasteiger partial charge in [0.1, 0.15) is 5.75 Å². The van der Waals surface area contributed by atoms with E-state index in [-0.39, 0.29) is 18.8 Å². The standard InChI is InChI=1S/C24H21F6N3O2/c25-23(26,27)22(34)15-33-20-9-2-1-8-19(20)32(14-21(33)17-6-4-10-31-12-17)13-16-5-3-7-18(11-16)35-24(28,29)30/h1-12,21-22,34H,13-15H2. The molecular formula is C24H21F6N3O2. The molecule has 0 aliphatic carbocycles. The molecule has 0 saturated heterocycles. The summed E-state index contributed by atoms with van der Waals surface area (Å²) in [6.07, 6.45) is -9.12. The minimum absolute atomic E-state index is 0.179. The number of anilines is 2. The van der Waals surface area contributed by atoms with Crippen LogP contribution in [-0.4, -0.2) is 41.8 Å². The smallest absolute Gasteiger partial charge is 0.406 e. The van der Waals surface area contributed by atoms with E-state index in [2.05, 4.69) is 9.72 Å². The number of pyridine rings is 1. The summed E-state index contributed by atoms with van der Waals surface area (Å²) in [5.74, 6) is -0.362. The molecule has 3 aromatic rings. The Morgan fingerprint density at radius 3 is 2.37 bits per heavy atom. The molecule has 0 radical (unpaired) electrons. The number of para-hydroxylation sites is 2. The van der Waals surface area contributed by atoms with Crippen LogP contribution in [0.5, 0.6) is 5.75 Å². The number of halogens is 6. The highest BCUT2D eigenvalue weighted by Gasteiger charge is 2.42. The van der Waals surface area contributed by atoms with Crippen LogP contribution in [0.3, 0.4) is 0 Å². The minimum atomic E-state index is -4.83. The second kappa shape index (κ2) is 9.65. The number of alkyl halides is 6. The lowest BCUT2D eigenvalue weighted by molar-refractivity contribution is -0.274. The van der Waals surface area contributed by atoms with Crippen LogP contribution in [-0.2, 0) is 6.54 Å². The van der Waals surface area contributed by atoms with E-state index in [1.165, 1.54) is 23.1 Å². The first kappa shape index (κ1) is 24.6. The summed E-state index contributed by atoms with van der Waals surface area (Å²) in [5, 5.41) is 9.85. The largest absolute Gasteiger partial charge is 0.573 e. The average Bonchev–Trinajstić information content (AvgIpc) is 2.79. The number of aromatic nitrogens is 1. The molecule has 0 fully saturated rings. The van der Waals surface area contributed by atoms with Crippen LogP contribution < -0.4 is 14.5 Å². The van der Waals surface area contributed by atoms with E-state index in [0.717, 1.165) is 0 Å². The van der Waals surface area contributed by atoms with Gasteiger partial charge in [-0.3, -0.25) is 4.98 Å². The van der Waals surface area contributed by atoms with Crippen LogP contribution in [0.15, 0.2) is 73.1 Å². The van der Waals surface area contributed by atoms with Crippen molar-refractivity contribution in [1.29, 1.82) is 0 Å². The first-order valence-electron chi connectivity index (χ1n) is 10.6. The Kier molecular flexibility index (Phi) is 6.79. The number of nitrogens with zero attached hydrogens (tertiary/aromatic N) is 3. The van der Waals surface area contributed by atoms with E-state index in [1.807, 2.05) is 4.90 Å². The Labute approximate surface area is 197 Å². The lowest BCUT2D eigenvalue weighted by atomic mass is 9.99. The predicted molar refractivity (Wildman–Crippen MR) is 117 cm³/mol. The van der Waals surface area contributed by atoms with E-state index >= 15 is 0 Å². The summed E-state index contributed by atoms with van der Waals surface area (Å²) < 4.78 is 81.7. The highest BCUT2D eigenvalue weighted by Crippen LogP contribution is 2.42. The molecule has 1 aliphatic heterocycles. The van der Waals surface area contributed by atoms with E-state index in [1.54, 1.807) is 54.9 Å². The second-order valence-electron chi connectivity index (χ2n) is 8.08. The summed E-state index contributed by atoms with van der Waals surface area (Å²) in [5.41, 5.74) is 2.20. The van der Waals surface area contributed by atoms with Crippen LogP contribution in [0.2, 0.25) is 0 Å². The third kappa shape index (κ3) is 5.97. The lowest BCUT2D eigenvalue weighted by Gasteiger charge is -2.45. The maximum atomic E-state index is 13.2. The Balaban J connectivity index is 1.70. The molecule has 1 aromatic heterocycles. The molecule has 0 bridgehead atoms. The van der Waals surface area contributed by atoms with Gasteiger partial charge in [0.25, 0.3) is 0 Å². The van der Waals surface area contributed by atoms with E-state index in [9.17, 15) is 31.4 Å². The number of aliphatic hydroxyl groups is 1. The zero-order valence-electron chi connectivity index (χ0n) is 18.2. The quantitative estimate of drug-likeness (QED) is 0.458. The van der Waals surface area contributed by atoms with Gasteiger partial charge in [0, 0.05) is 25.5 Å². The van der Waals surface area contributed by atoms with Crippen molar-refractivity contribution in [2.45, 2.75) is 31.2 Å². The maximum absolute atomic E-state index is 13.2. The van der Waals surface area contributed by atoms with Crippen molar-refractivity contribution >= 4 is 11.4 Å². The molecule has 2 atom stereocenters. The zero-order valence-corrected chi connectivity index (χ0v) is 18.2. The van der Waals surface area contributed by atoms with E-state index in [4.69, 9.17) is 0 Å². The molecule has 1 N–H and O–H groups in total. The zero-order chi connectivity index (χ0) is 25.2. The van der Waals surface area contributed by atoms with E-state index < -0.39 is 31.2 Å². The van der Waals surface area contributed by atoms with Gasteiger partial charge in [-0.25, -0.2) is 0 Å². The molecule has 35 heavy (non-hydrogen) atoms. The molecule has 0 amide bonds. The molecule has 5 nitrogen and oxygen atoms in total. The molecule has 2 aromatic carbocycles. The summed E-state index contributed by atoms with van der Waals surface area (Å²) in [6, 6.07) is 15.1. The number of rotatable bonds is 6. The molecule has 0 spiro atoms. The summed E-state index contributed by atoms with van der Waals surface area (Å²) in [4.78, 5) is 7.44. The van der Waals surface area contributed by atoms with E-state index in [0.29, 0.717) is 22.5 Å². The Bertz CT molecular complexity index is 1140. The number of hydrogen-bond acceptors (Lipinski definition) is 5. The fourth-order valence-electron chi connectivity index (χ4n) is 4.13. The van der Waals surface area contributed by atoms with Crippen molar-refractivity contribution in [3.8, 4) is 5.75 Å². The number of hydrogen-bond donors (Lipinski definition) is 1. The Morgan fingerprint density at radius 2 is 1.71 bits per heavy atom. The fraction of sp³-hybridized carbons (Fsp3) is 0.292. The number of fused-ring (bicyclic) bond motifs is 1. The molecule has 2 heterocycles. The molecule has 186 valence electrons. The third-order valence-corrected chi connectivity index (χ3v) is 5.62. The molecule has 4 rings (SSSR count). The van der Waals surface area contributed by atoms with Crippen molar-refractivity contribution in [3.63, 3.8) is 0 Å². The van der Waals surface area contributed by atoms with Crippen LogP contribution in [0.1, 0.15) is 17.2 Å². The Hall–Kier alpha value is -3.47. The lowest BCUT2D eigenvalue weighted by Crippen LogP contribution is -2.49. The van der Waals surface area contributed by atoms with Crippen molar-refractivity contribution in [3.05, 3.63) is 84.2 Å². The molecular weight excluding hydrogens is 476 g/mol. The summed E-state index contributed by atoms with van der Waals surface area (Å²) in [6.45, 7) is -0.307. The van der Waals surface area contributed by atoms with Gasteiger partial charge >= 0.3 is 12.5 Å². The van der Waals surface area contributed by atoms with Gasteiger partial charge in [0.2, 0.25) is 0 Å². The van der Waals surface area contributed by atoms with Gasteiger partial charge in [0.15, 0.2) is 6.10 Å². The van der Waals surface area contributed by atoms with Crippen molar-refractivity contribution in [2.75, 3.05) is 22.9 Å². The highest BCUT2D eigenvalue weighted by atomic mass is 19.4. The number of benzene rings is 2. The molecule has 2 unspecified atom stereocenters. The van der Waals surface area contributed by atoms with Gasteiger partial charge < -0.3 is 19.6 Å². The van der Waals surface area contributed by atoms with Gasteiger partial charge in [-0.2, -0.15) is 13.2 Å². The monoisotopic (exact) mass is 497 g/mol. The van der Waals surface area contributed by atoms with Crippen molar-refractivity contribution in [2.24, 2.45) is 0 Å². The van der Waals surface area contributed by atoms with Gasteiger partial charge in [-0.05, 0) is 41.5 Å². The average molecular weight is 497 g/mol. The van der Waals surface area contributed by atoms with Gasteiger partial charge in [-0.15, -0.1) is 13.2 Å². The van der Waals surface area contributed by atoms with Crippen molar-refractivity contribution in [1.82, 2.24) is 4.98 Å². The van der Waals surface area contributed by atoms with Gasteiger partial charge in [0.05, 0.1) is 24.0 Å². The van der Waals surface area contributed by atoms with Crippen LogP contribution in [0, 0.1) is 0 Å². The van der Waals surface area contributed by atoms with Gasteiger partial charge in [-0.1, -0.05) is 30.3 Å². The van der Waals surface area contributed by atoms with Crippen LogP contribution in [0.25, 0.3) is 0 Å². The number of β-amino-alcohol motifs (C(OH)–C–C–N with tert-alkyl or cyclic N) is 1. The fourth-order valence-corrected chi connectivity index (χ4v) is 4.13. The Morgan fingerprint density at radius 1 is 0.971 bits per heavy atom. The summed E-state index contributed by atoms with van der Waals surface area (Å²) >= 11 is 0. The van der Waals surface area contributed by atoms with Crippen LogP contribution >= 0.6 is 0 Å². The predicted octanol–water partition coefficient (Wildman–Crippen LogP) is 5.47. The summed E-state index contributed by atoms with van der Waals surface area (Å²) in [7, 11) is 0. The minimum Gasteiger partial charge on any atom is -0.406 e. The molecule has 11 heteroatoms. The molecule has 1 aliphatic rings. The SMILES string of the molecule is OC(CN1c2ccccc2N(Cc2cccc(OC(F)(F)F)c2)CC1c1cccnc1)C(F)(F)F. The topological polar surface area (TPSA) is 48.8 Å². The molecule has 0 saturated carbocycles. The first-order valence-corrected chi connectivity index (χ1v) is 10.6. The van der Waals surface area contributed by atoms with Crippen molar-refractivity contribution < 1.29 is 36.2 Å². The second-order valence-corrected chi connectivity index (χ2v) is 8.08. The highest BCUT2D eigenvalue weighted by molar-refractivity contribution is 5.74.